The van der Waals surface area contributed by atoms with Crippen LogP contribution >= 0.6 is 0 Å². The maximum Gasteiger partial charge on any atom is 0.239 e. The van der Waals surface area contributed by atoms with E-state index in [4.69, 9.17) is 8.95 Å². The van der Waals surface area contributed by atoms with Gasteiger partial charge in [0, 0.05) is 25.2 Å². The van der Waals surface area contributed by atoms with Crippen molar-refractivity contribution in [3.8, 4) is 0 Å². The summed E-state index contributed by atoms with van der Waals surface area (Å²) in [6.45, 7) is 15.7. The minimum atomic E-state index is -1.69. The molecule has 1 aromatic carbocycles. The summed E-state index contributed by atoms with van der Waals surface area (Å²) >= 11 is 0. The van der Waals surface area contributed by atoms with Gasteiger partial charge in [-0.3, -0.25) is 9.69 Å². The number of aromatic nitrogens is 1. The van der Waals surface area contributed by atoms with E-state index in [0.29, 0.717) is 18.0 Å². The van der Waals surface area contributed by atoms with Crippen molar-refractivity contribution in [2.75, 3.05) is 25.0 Å². The third-order valence-electron chi connectivity index (χ3n) is 7.74. The lowest BCUT2D eigenvalue weighted by Gasteiger charge is -2.48. The fourth-order valence-electron chi connectivity index (χ4n) is 4.65. The van der Waals surface area contributed by atoms with E-state index in [1.165, 1.54) is 12.8 Å². The number of benzene rings is 1. The molecule has 0 bridgehead atoms. The van der Waals surface area contributed by atoms with Gasteiger partial charge < -0.3 is 19.6 Å². The molecule has 0 atom stereocenters. The SMILES string of the molecule is Cc1ccc2onc(NCC(=O)NC3CN(C4CCC(O[Si](C)(C)C(C)(C)C)CC4)C3)c2c1. The Hall–Kier alpha value is -1.90. The Kier molecular flexibility index (Phi) is 6.89. The first kappa shape index (κ1) is 24.2. The molecule has 1 amide bonds. The van der Waals surface area contributed by atoms with Gasteiger partial charge in [0.1, 0.15) is 0 Å². The van der Waals surface area contributed by atoms with Crippen LogP contribution in [0.4, 0.5) is 5.82 Å². The molecule has 2 aromatic rings. The summed E-state index contributed by atoms with van der Waals surface area (Å²) in [5, 5.41) is 11.5. The smallest absolute Gasteiger partial charge is 0.239 e. The quantitative estimate of drug-likeness (QED) is 0.570. The second-order valence-corrected chi connectivity index (χ2v) is 16.2. The van der Waals surface area contributed by atoms with Gasteiger partial charge in [0.05, 0.1) is 18.0 Å². The largest absolute Gasteiger partial charge is 0.414 e. The van der Waals surface area contributed by atoms with Crippen molar-refractivity contribution in [2.45, 2.75) is 89.7 Å². The van der Waals surface area contributed by atoms with Gasteiger partial charge in [0.2, 0.25) is 5.91 Å². The van der Waals surface area contributed by atoms with E-state index in [0.717, 1.165) is 42.5 Å². The van der Waals surface area contributed by atoms with Gasteiger partial charge in [-0.1, -0.05) is 37.6 Å². The van der Waals surface area contributed by atoms with Crippen molar-refractivity contribution in [2.24, 2.45) is 0 Å². The number of likely N-dealkylation sites (tertiary alicyclic amines) is 1. The van der Waals surface area contributed by atoms with Gasteiger partial charge >= 0.3 is 0 Å². The molecule has 33 heavy (non-hydrogen) atoms. The maximum atomic E-state index is 12.4. The monoisotopic (exact) mass is 472 g/mol. The molecule has 0 spiro atoms. The molecule has 1 saturated carbocycles. The van der Waals surface area contributed by atoms with E-state index >= 15 is 0 Å². The number of fused-ring (bicyclic) bond motifs is 1. The Morgan fingerprint density at radius 3 is 2.58 bits per heavy atom. The van der Waals surface area contributed by atoms with Crippen LogP contribution in [-0.2, 0) is 9.22 Å². The van der Waals surface area contributed by atoms with Gasteiger partial charge in [-0.25, -0.2) is 0 Å². The molecule has 8 heteroatoms. The topological polar surface area (TPSA) is 79.6 Å². The fourth-order valence-corrected chi connectivity index (χ4v) is 6.07. The Morgan fingerprint density at radius 2 is 1.91 bits per heavy atom. The molecule has 2 aliphatic rings. The van der Waals surface area contributed by atoms with Crippen LogP contribution in [0.1, 0.15) is 52.0 Å². The number of nitrogens with one attached hydrogen (secondary N) is 2. The van der Waals surface area contributed by atoms with E-state index in [1.807, 2.05) is 25.1 Å². The van der Waals surface area contributed by atoms with Gasteiger partial charge in [-0.05, 0) is 62.9 Å². The van der Waals surface area contributed by atoms with Gasteiger partial charge in [0.25, 0.3) is 0 Å². The molecule has 0 unspecified atom stereocenters. The summed E-state index contributed by atoms with van der Waals surface area (Å²) in [5.41, 5.74) is 1.86. The predicted octanol–water partition coefficient (Wildman–Crippen LogP) is 4.68. The summed E-state index contributed by atoms with van der Waals surface area (Å²) in [6.07, 6.45) is 5.11. The lowest BCUT2D eigenvalue weighted by atomic mass is 9.89. The zero-order valence-corrected chi connectivity index (χ0v) is 22.0. The van der Waals surface area contributed by atoms with Crippen LogP contribution in [0.15, 0.2) is 22.7 Å². The summed E-state index contributed by atoms with van der Waals surface area (Å²) in [6, 6.07) is 6.76. The Balaban J connectivity index is 1.16. The van der Waals surface area contributed by atoms with Crippen molar-refractivity contribution in [3.63, 3.8) is 0 Å². The molecular formula is C25H40N4O3Si. The Labute approximate surface area is 198 Å². The van der Waals surface area contributed by atoms with Crippen molar-refractivity contribution in [3.05, 3.63) is 23.8 Å². The van der Waals surface area contributed by atoms with E-state index < -0.39 is 8.32 Å². The van der Waals surface area contributed by atoms with Crippen molar-refractivity contribution < 1.29 is 13.7 Å². The highest BCUT2D eigenvalue weighted by atomic mass is 28.4. The van der Waals surface area contributed by atoms with E-state index in [9.17, 15) is 4.79 Å². The standard InChI is InChI=1S/C25H40N4O3Si/c1-17-7-12-22-21(13-17)24(28-31-22)26-14-23(30)27-18-15-29(16-18)19-8-10-20(11-9-19)32-33(5,6)25(2,3)4/h7,12-13,18-20H,8-11,14-16H2,1-6H3,(H,26,28)(H,27,30). The number of aryl methyl sites for hydroxylation is 1. The average molecular weight is 473 g/mol. The maximum absolute atomic E-state index is 12.4. The molecule has 7 nitrogen and oxygen atoms in total. The average Bonchev–Trinajstić information content (AvgIpc) is 3.10. The molecule has 1 aliphatic heterocycles. The number of amides is 1. The highest BCUT2D eigenvalue weighted by Gasteiger charge is 2.41. The molecule has 2 N–H and O–H groups in total. The lowest BCUT2D eigenvalue weighted by Crippen LogP contribution is -2.63. The van der Waals surface area contributed by atoms with Gasteiger partial charge in [-0.2, -0.15) is 0 Å². The van der Waals surface area contributed by atoms with Crippen LogP contribution in [-0.4, -0.2) is 62.1 Å². The van der Waals surface area contributed by atoms with Crippen LogP contribution in [0.3, 0.4) is 0 Å². The summed E-state index contributed by atoms with van der Waals surface area (Å²) < 4.78 is 12.0. The third-order valence-corrected chi connectivity index (χ3v) is 12.3. The Morgan fingerprint density at radius 1 is 1.21 bits per heavy atom. The molecule has 2 fully saturated rings. The lowest BCUT2D eigenvalue weighted by molar-refractivity contribution is -0.121. The van der Waals surface area contributed by atoms with Gasteiger partial charge in [0.15, 0.2) is 19.7 Å². The molecule has 1 aromatic heterocycles. The second-order valence-electron chi connectivity index (χ2n) is 11.4. The number of carbonyl (C=O) groups is 1. The highest BCUT2D eigenvalue weighted by molar-refractivity contribution is 6.74. The van der Waals surface area contributed by atoms with E-state index in [2.05, 4.69) is 54.6 Å². The first-order valence-corrected chi connectivity index (χ1v) is 15.2. The zero-order chi connectivity index (χ0) is 23.8. The Bertz CT molecular complexity index is 970. The fraction of sp³-hybridized carbons (Fsp3) is 0.680. The van der Waals surface area contributed by atoms with Crippen LogP contribution in [0.25, 0.3) is 11.0 Å². The van der Waals surface area contributed by atoms with E-state index in [-0.39, 0.29) is 23.5 Å². The van der Waals surface area contributed by atoms with Crippen molar-refractivity contribution in [1.82, 2.24) is 15.4 Å². The molecule has 0 radical (unpaired) electrons. The molecule has 1 saturated heterocycles. The molecule has 1 aliphatic carbocycles. The van der Waals surface area contributed by atoms with Crippen LogP contribution in [0, 0.1) is 6.92 Å². The number of hydrogen-bond acceptors (Lipinski definition) is 6. The number of rotatable bonds is 7. The molecule has 4 rings (SSSR count). The molecule has 2 heterocycles. The normalized spacial score (nSPS) is 22.8. The highest BCUT2D eigenvalue weighted by Crippen LogP contribution is 2.39. The van der Waals surface area contributed by atoms with Gasteiger partial charge in [-0.15, -0.1) is 0 Å². The zero-order valence-electron chi connectivity index (χ0n) is 21.0. The summed E-state index contributed by atoms with van der Waals surface area (Å²) in [7, 11) is -1.69. The van der Waals surface area contributed by atoms with E-state index in [1.54, 1.807) is 0 Å². The molecular weight excluding hydrogens is 432 g/mol. The predicted molar refractivity (Wildman–Crippen MR) is 135 cm³/mol. The van der Waals surface area contributed by atoms with Crippen molar-refractivity contribution >= 4 is 31.0 Å². The first-order valence-electron chi connectivity index (χ1n) is 12.3. The number of carbonyl (C=O) groups excluding carboxylic acids is 1. The van der Waals surface area contributed by atoms with Crippen LogP contribution in [0.2, 0.25) is 18.1 Å². The second kappa shape index (κ2) is 9.39. The number of anilines is 1. The minimum absolute atomic E-state index is 0.00469. The number of hydrogen-bond donors (Lipinski definition) is 2. The third kappa shape index (κ3) is 5.61. The summed E-state index contributed by atoms with van der Waals surface area (Å²) in [4.78, 5) is 14.9. The first-order chi connectivity index (χ1) is 15.5. The van der Waals surface area contributed by atoms with Crippen LogP contribution in [0.5, 0.6) is 0 Å². The molecule has 182 valence electrons. The summed E-state index contributed by atoms with van der Waals surface area (Å²) in [5.74, 6) is 0.616. The van der Waals surface area contributed by atoms with Crippen LogP contribution < -0.4 is 10.6 Å². The minimum Gasteiger partial charge on any atom is -0.414 e. The number of nitrogens with zero attached hydrogens (tertiary/aromatic N) is 2. The van der Waals surface area contributed by atoms with Crippen molar-refractivity contribution in [1.29, 1.82) is 0 Å².